The SMILES string of the molecule is Cc1cc(OCC(=O)c2cc(C)n(C)c2C)ccc1Cl. The van der Waals surface area contributed by atoms with Gasteiger partial charge in [0.2, 0.25) is 5.78 Å². The smallest absolute Gasteiger partial charge is 0.202 e. The maximum absolute atomic E-state index is 12.2. The summed E-state index contributed by atoms with van der Waals surface area (Å²) in [5.74, 6) is 0.643. The van der Waals surface area contributed by atoms with Crippen molar-refractivity contribution in [1.82, 2.24) is 4.57 Å². The highest BCUT2D eigenvalue weighted by molar-refractivity contribution is 6.31. The third-order valence-electron chi connectivity index (χ3n) is 3.57. The van der Waals surface area contributed by atoms with Crippen LogP contribution in [-0.4, -0.2) is 17.0 Å². The van der Waals surface area contributed by atoms with Crippen LogP contribution in [-0.2, 0) is 7.05 Å². The van der Waals surface area contributed by atoms with E-state index in [1.165, 1.54) is 0 Å². The average Bonchev–Trinajstić information content (AvgIpc) is 2.67. The number of aromatic nitrogens is 1. The maximum Gasteiger partial charge on any atom is 0.202 e. The molecular formula is C16H18ClNO2. The van der Waals surface area contributed by atoms with Crippen molar-refractivity contribution in [3.63, 3.8) is 0 Å². The van der Waals surface area contributed by atoms with E-state index in [9.17, 15) is 4.79 Å². The standard InChI is InChI=1S/C16H18ClNO2/c1-10-7-13(5-6-15(10)17)20-9-16(19)14-8-11(2)18(4)12(14)3/h5-8H,9H2,1-4H3. The van der Waals surface area contributed by atoms with Crippen LogP contribution in [0.4, 0.5) is 0 Å². The summed E-state index contributed by atoms with van der Waals surface area (Å²) in [5, 5.41) is 0.693. The second-order valence-corrected chi connectivity index (χ2v) is 5.37. The molecule has 0 unspecified atom stereocenters. The number of hydrogen-bond acceptors (Lipinski definition) is 2. The van der Waals surface area contributed by atoms with Crippen LogP contribution in [0.25, 0.3) is 0 Å². The Labute approximate surface area is 124 Å². The van der Waals surface area contributed by atoms with E-state index in [4.69, 9.17) is 16.3 Å². The number of ketones is 1. The summed E-state index contributed by atoms with van der Waals surface area (Å²) in [6, 6.07) is 7.27. The first-order valence-corrected chi connectivity index (χ1v) is 6.83. The zero-order valence-corrected chi connectivity index (χ0v) is 12.9. The van der Waals surface area contributed by atoms with Gasteiger partial charge in [0.15, 0.2) is 6.61 Å². The largest absolute Gasteiger partial charge is 0.485 e. The Morgan fingerprint density at radius 1 is 1.25 bits per heavy atom. The Hall–Kier alpha value is -1.74. The van der Waals surface area contributed by atoms with Gasteiger partial charge in [-0.1, -0.05) is 11.6 Å². The molecule has 0 bridgehead atoms. The first-order chi connectivity index (χ1) is 9.40. The molecule has 2 rings (SSSR count). The molecule has 20 heavy (non-hydrogen) atoms. The summed E-state index contributed by atoms with van der Waals surface area (Å²) in [6.07, 6.45) is 0. The molecule has 1 heterocycles. The van der Waals surface area contributed by atoms with Crippen LogP contribution in [0.5, 0.6) is 5.75 Å². The molecule has 4 heteroatoms. The van der Waals surface area contributed by atoms with E-state index >= 15 is 0 Å². The number of halogens is 1. The van der Waals surface area contributed by atoms with Gasteiger partial charge >= 0.3 is 0 Å². The molecule has 0 fully saturated rings. The molecule has 0 aliphatic rings. The number of nitrogens with zero attached hydrogens (tertiary/aromatic N) is 1. The molecule has 0 atom stereocenters. The van der Waals surface area contributed by atoms with Gasteiger partial charge in [0.05, 0.1) is 0 Å². The van der Waals surface area contributed by atoms with Crippen LogP contribution in [0.3, 0.4) is 0 Å². The lowest BCUT2D eigenvalue weighted by Crippen LogP contribution is -2.12. The van der Waals surface area contributed by atoms with Crippen molar-refractivity contribution in [2.24, 2.45) is 7.05 Å². The lowest BCUT2D eigenvalue weighted by atomic mass is 10.1. The van der Waals surface area contributed by atoms with E-state index in [2.05, 4.69) is 0 Å². The van der Waals surface area contributed by atoms with E-state index in [0.717, 1.165) is 22.5 Å². The van der Waals surface area contributed by atoms with Gasteiger partial charge in [-0.05, 0) is 50.6 Å². The maximum atomic E-state index is 12.2. The van der Waals surface area contributed by atoms with E-state index in [-0.39, 0.29) is 12.4 Å². The summed E-state index contributed by atoms with van der Waals surface area (Å²) < 4.78 is 7.54. The van der Waals surface area contributed by atoms with Gasteiger partial charge in [0, 0.05) is 29.0 Å². The van der Waals surface area contributed by atoms with E-state index in [1.807, 2.05) is 44.5 Å². The normalized spacial score (nSPS) is 10.7. The number of hydrogen-bond donors (Lipinski definition) is 0. The summed E-state index contributed by atoms with van der Waals surface area (Å²) in [6.45, 7) is 5.85. The minimum absolute atomic E-state index is 0.0150. The van der Waals surface area contributed by atoms with Gasteiger partial charge in [-0.15, -0.1) is 0 Å². The lowest BCUT2D eigenvalue weighted by molar-refractivity contribution is 0.0921. The molecule has 0 aliphatic carbocycles. The van der Waals surface area contributed by atoms with Crippen LogP contribution in [0, 0.1) is 20.8 Å². The van der Waals surface area contributed by atoms with Crippen molar-refractivity contribution >= 4 is 17.4 Å². The van der Waals surface area contributed by atoms with Crippen molar-refractivity contribution in [2.75, 3.05) is 6.61 Å². The lowest BCUT2D eigenvalue weighted by Gasteiger charge is -2.07. The number of aryl methyl sites for hydroxylation is 2. The Kier molecular flexibility index (Phi) is 4.19. The molecule has 0 aliphatic heterocycles. The number of ether oxygens (including phenoxy) is 1. The van der Waals surface area contributed by atoms with Crippen LogP contribution in [0.15, 0.2) is 24.3 Å². The number of rotatable bonds is 4. The molecule has 0 N–H and O–H groups in total. The van der Waals surface area contributed by atoms with Crippen molar-refractivity contribution in [1.29, 1.82) is 0 Å². The van der Waals surface area contributed by atoms with Gasteiger partial charge in [0.25, 0.3) is 0 Å². The summed E-state index contributed by atoms with van der Waals surface area (Å²) in [5.41, 5.74) is 3.68. The predicted octanol–water partition coefficient (Wildman–Crippen LogP) is 3.87. The summed E-state index contributed by atoms with van der Waals surface area (Å²) in [7, 11) is 1.95. The van der Waals surface area contributed by atoms with Crippen LogP contribution < -0.4 is 4.74 Å². The van der Waals surface area contributed by atoms with Gasteiger partial charge in [-0.3, -0.25) is 4.79 Å². The van der Waals surface area contributed by atoms with Gasteiger partial charge < -0.3 is 9.30 Å². The van der Waals surface area contributed by atoms with Crippen molar-refractivity contribution in [3.8, 4) is 5.75 Å². The second-order valence-electron chi connectivity index (χ2n) is 4.97. The minimum Gasteiger partial charge on any atom is -0.485 e. The molecule has 0 saturated heterocycles. The van der Waals surface area contributed by atoms with Gasteiger partial charge in [0.1, 0.15) is 5.75 Å². The Bertz CT molecular complexity index is 659. The summed E-state index contributed by atoms with van der Waals surface area (Å²) in [4.78, 5) is 12.2. The molecule has 0 spiro atoms. The Morgan fingerprint density at radius 3 is 2.50 bits per heavy atom. The van der Waals surface area contributed by atoms with E-state index in [0.29, 0.717) is 10.8 Å². The molecule has 0 radical (unpaired) electrons. The second kappa shape index (κ2) is 5.71. The average molecular weight is 292 g/mol. The molecule has 106 valence electrons. The fraction of sp³-hybridized carbons (Fsp3) is 0.312. The zero-order chi connectivity index (χ0) is 14.9. The fourth-order valence-corrected chi connectivity index (χ4v) is 2.19. The number of Topliss-reactive ketones (excluding diaryl/α,β-unsaturated/α-hetero) is 1. The predicted molar refractivity (Wildman–Crippen MR) is 80.9 cm³/mol. The first kappa shape index (κ1) is 14.7. The highest BCUT2D eigenvalue weighted by Crippen LogP contribution is 2.21. The topological polar surface area (TPSA) is 31.2 Å². The molecule has 2 aromatic rings. The Morgan fingerprint density at radius 2 is 1.95 bits per heavy atom. The monoisotopic (exact) mass is 291 g/mol. The Balaban J connectivity index is 2.08. The number of carbonyl (C=O) groups excluding carboxylic acids is 1. The molecule has 0 amide bonds. The highest BCUT2D eigenvalue weighted by atomic mass is 35.5. The highest BCUT2D eigenvalue weighted by Gasteiger charge is 2.14. The molecule has 3 nitrogen and oxygen atoms in total. The molecular weight excluding hydrogens is 274 g/mol. The number of carbonyl (C=O) groups is 1. The quantitative estimate of drug-likeness (QED) is 0.801. The molecule has 1 aromatic carbocycles. The van der Waals surface area contributed by atoms with E-state index < -0.39 is 0 Å². The fourth-order valence-electron chi connectivity index (χ4n) is 2.07. The number of benzene rings is 1. The van der Waals surface area contributed by atoms with Crippen LogP contribution in [0.1, 0.15) is 27.3 Å². The molecule has 0 saturated carbocycles. The third kappa shape index (κ3) is 2.88. The summed E-state index contributed by atoms with van der Waals surface area (Å²) >= 11 is 5.95. The van der Waals surface area contributed by atoms with Crippen molar-refractivity contribution in [3.05, 3.63) is 51.8 Å². The van der Waals surface area contributed by atoms with Gasteiger partial charge in [-0.25, -0.2) is 0 Å². The zero-order valence-electron chi connectivity index (χ0n) is 12.2. The van der Waals surface area contributed by atoms with Crippen LogP contribution >= 0.6 is 11.6 Å². The van der Waals surface area contributed by atoms with Crippen molar-refractivity contribution < 1.29 is 9.53 Å². The van der Waals surface area contributed by atoms with Crippen molar-refractivity contribution in [2.45, 2.75) is 20.8 Å². The van der Waals surface area contributed by atoms with E-state index in [1.54, 1.807) is 12.1 Å². The third-order valence-corrected chi connectivity index (χ3v) is 4.00. The minimum atomic E-state index is -0.0150. The van der Waals surface area contributed by atoms with Crippen LogP contribution in [0.2, 0.25) is 5.02 Å². The van der Waals surface area contributed by atoms with Gasteiger partial charge in [-0.2, -0.15) is 0 Å². The molecule has 1 aromatic heterocycles. The first-order valence-electron chi connectivity index (χ1n) is 6.45.